The number of nitrogens with zero attached hydrogens (tertiary/aromatic N) is 1. The topological polar surface area (TPSA) is 69.4 Å². The van der Waals surface area contributed by atoms with Crippen LogP contribution >= 0.6 is 0 Å². The zero-order valence-corrected chi connectivity index (χ0v) is 9.25. The first-order valence-corrected chi connectivity index (χ1v) is 5.20. The number of Topliss-reactive ketones (excluding diaryl/α,β-unsaturated/α-hetero) is 1. The van der Waals surface area contributed by atoms with Gasteiger partial charge in [0.2, 0.25) is 0 Å². The molecule has 1 aromatic rings. The molecule has 88 valence electrons. The Morgan fingerprint density at radius 2 is 2.06 bits per heavy atom. The molecule has 1 heterocycles. The van der Waals surface area contributed by atoms with Crippen LogP contribution in [-0.4, -0.2) is 10.7 Å². The molecule has 17 heavy (non-hydrogen) atoms. The van der Waals surface area contributed by atoms with Gasteiger partial charge in [-0.05, 0) is 23.8 Å². The van der Waals surface area contributed by atoms with Crippen LogP contribution < -0.4 is 0 Å². The van der Waals surface area contributed by atoms with Gasteiger partial charge >= 0.3 is 0 Å². The minimum atomic E-state index is -0.446. The Hall–Kier alpha value is -2.17. The van der Waals surface area contributed by atoms with Crippen LogP contribution in [0.5, 0.6) is 0 Å². The van der Waals surface area contributed by atoms with Gasteiger partial charge in [0.25, 0.3) is 5.69 Å². The van der Waals surface area contributed by atoms with Gasteiger partial charge in [-0.2, -0.15) is 0 Å². The quantitative estimate of drug-likeness (QED) is 0.594. The van der Waals surface area contributed by atoms with Crippen LogP contribution in [0.2, 0.25) is 0 Å². The van der Waals surface area contributed by atoms with E-state index in [9.17, 15) is 14.9 Å². The van der Waals surface area contributed by atoms with E-state index in [1.807, 2.05) is 0 Å². The van der Waals surface area contributed by atoms with Crippen molar-refractivity contribution >= 4 is 11.5 Å². The molecule has 5 heteroatoms. The van der Waals surface area contributed by atoms with Crippen LogP contribution in [0.25, 0.3) is 0 Å². The maximum Gasteiger partial charge on any atom is 0.269 e. The second kappa shape index (κ2) is 4.37. The number of benzene rings is 1. The van der Waals surface area contributed by atoms with E-state index in [4.69, 9.17) is 4.74 Å². The van der Waals surface area contributed by atoms with Crippen molar-refractivity contribution in [1.82, 2.24) is 0 Å². The van der Waals surface area contributed by atoms with Crippen LogP contribution in [0.1, 0.15) is 25.0 Å². The first-order chi connectivity index (χ1) is 8.08. The Balaban J connectivity index is 2.11. The summed E-state index contributed by atoms with van der Waals surface area (Å²) in [6, 6.07) is 6.17. The molecule has 0 N–H and O–H groups in total. The Morgan fingerprint density at radius 3 is 2.53 bits per heavy atom. The van der Waals surface area contributed by atoms with Crippen molar-refractivity contribution in [2.24, 2.45) is 0 Å². The van der Waals surface area contributed by atoms with Gasteiger partial charge in [-0.1, -0.05) is 0 Å². The van der Waals surface area contributed by atoms with Crippen LogP contribution in [-0.2, 0) is 9.53 Å². The van der Waals surface area contributed by atoms with E-state index in [0.29, 0.717) is 12.2 Å². The van der Waals surface area contributed by atoms with Crippen molar-refractivity contribution < 1.29 is 14.5 Å². The molecule has 0 bridgehead atoms. The molecule has 0 radical (unpaired) electrons. The second-order valence-electron chi connectivity index (χ2n) is 3.82. The molecule has 5 nitrogen and oxygen atoms in total. The molecule has 0 saturated heterocycles. The van der Waals surface area contributed by atoms with E-state index >= 15 is 0 Å². The minimum Gasteiger partial charge on any atom is -0.482 e. The standard InChI is InChI=1S/C12H11NO4/c1-8(14)11-6-7-12(17-11)9-2-4-10(5-3-9)13(15)16/h2-6,12H,7H2,1H3. The number of non-ortho nitro benzene ring substituents is 1. The number of allylic oxidation sites excluding steroid dienone is 1. The molecular weight excluding hydrogens is 222 g/mol. The number of ether oxygens (including phenoxy) is 1. The van der Waals surface area contributed by atoms with Gasteiger partial charge in [-0.25, -0.2) is 0 Å². The van der Waals surface area contributed by atoms with Gasteiger partial charge < -0.3 is 4.74 Å². The Bertz CT molecular complexity index is 490. The number of nitro groups is 1. The van der Waals surface area contributed by atoms with Crippen molar-refractivity contribution in [1.29, 1.82) is 0 Å². The van der Waals surface area contributed by atoms with Crippen LogP contribution in [0, 0.1) is 10.1 Å². The van der Waals surface area contributed by atoms with Gasteiger partial charge in [0.1, 0.15) is 6.10 Å². The number of carbonyl (C=O) groups is 1. The molecule has 1 aromatic carbocycles. The number of rotatable bonds is 3. The highest BCUT2D eigenvalue weighted by Gasteiger charge is 2.22. The molecule has 0 amide bonds. The summed E-state index contributed by atoms with van der Waals surface area (Å²) >= 11 is 0. The lowest BCUT2D eigenvalue weighted by atomic mass is 10.1. The van der Waals surface area contributed by atoms with E-state index in [2.05, 4.69) is 0 Å². The zero-order valence-electron chi connectivity index (χ0n) is 9.25. The summed E-state index contributed by atoms with van der Waals surface area (Å²) in [5.74, 6) is 0.266. The molecule has 0 spiro atoms. The van der Waals surface area contributed by atoms with Gasteiger partial charge in [0.15, 0.2) is 11.5 Å². The maximum absolute atomic E-state index is 11.1. The lowest BCUT2D eigenvalue weighted by Gasteiger charge is -2.12. The van der Waals surface area contributed by atoms with Crippen molar-refractivity contribution in [3.63, 3.8) is 0 Å². The SMILES string of the molecule is CC(=O)C1=CCC(c2ccc([N+](=O)[O-])cc2)O1. The number of carbonyl (C=O) groups excluding carboxylic acids is 1. The van der Waals surface area contributed by atoms with Gasteiger partial charge in [0, 0.05) is 25.5 Å². The predicted octanol–water partition coefficient (Wildman–Crippen LogP) is 2.53. The summed E-state index contributed by atoms with van der Waals surface area (Å²) < 4.78 is 5.45. The predicted molar refractivity (Wildman–Crippen MR) is 60.3 cm³/mol. The number of hydrogen-bond donors (Lipinski definition) is 0. The molecule has 0 aliphatic carbocycles. The third-order valence-corrected chi connectivity index (χ3v) is 2.61. The average molecular weight is 233 g/mol. The van der Waals surface area contributed by atoms with Crippen LogP contribution in [0.4, 0.5) is 5.69 Å². The molecule has 1 atom stereocenters. The lowest BCUT2D eigenvalue weighted by molar-refractivity contribution is -0.384. The summed E-state index contributed by atoms with van der Waals surface area (Å²) in [4.78, 5) is 21.1. The largest absolute Gasteiger partial charge is 0.482 e. The number of nitro benzene ring substituents is 1. The molecular formula is C12H11NO4. The summed E-state index contributed by atoms with van der Waals surface area (Å²) in [5, 5.41) is 10.5. The third kappa shape index (κ3) is 2.33. The fraction of sp³-hybridized carbons (Fsp3) is 0.250. The van der Waals surface area contributed by atoms with Gasteiger partial charge in [-0.15, -0.1) is 0 Å². The smallest absolute Gasteiger partial charge is 0.269 e. The highest BCUT2D eigenvalue weighted by atomic mass is 16.6. The molecule has 0 fully saturated rings. The monoisotopic (exact) mass is 233 g/mol. The molecule has 2 rings (SSSR count). The van der Waals surface area contributed by atoms with E-state index < -0.39 is 4.92 Å². The Kier molecular flexibility index (Phi) is 2.91. The fourth-order valence-electron chi connectivity index (χ4n) is 1.71. The summed E-state index contributed by atoms with van der Waals surface area (Å²) in [6.45, 7) is 1.45. The zero-order chi connectivity index (χ0) is 12.4. The fourth-order valence-corrected chi connectivity index (χ4v) is 1.71. The molecule has 1 aliphatic rings. The summed E-state index contributed by atoms with van der Waals surface area (Å²) in [6.07, 6.45) is 2.15. The number of ketones is 1. The number of hydrogen-bond acceptors (Lipinski definition) is 4. The van der Waals surface area contributed by atoms with Crippen LogP contribution in [0.15, 0.2) is 36.1 Å². The van der Waals surface area contributed by atoms with E-state index in [0.717, 1.165) is 5.56 Å². The van der Waals surface area contributed by atoms with Crippen LogP contribution in [0.3, 0.4) is 0 Å². The van der Waals surface area contributed by atoms with Crippen molar-refractivity contribution in [2.75, 3.05) is 0 Å². The molecule has 0 aromatic heterocycles. The maximum atomic E-state index is 11.1. The van der Waals surface area contributed by atoms with E-state index in [-0.39, 0.29) is 17.6 Å². The third-order valence-electron chi connectivity index (χ3n) is 2.61. The molecule has 1 aliphatic heterocycles. The average Bonchev–Trinajstić information content (AvgIpc) is 2.78. The summed E-state index contributed by atoms with van der Waals surface area (Å²) in [7, 11) is 0. The van der Waals surface area contributed by atoms with Crippen molar-refractivity contribution in [3.8, 4) is 0 Å². The highest BCUT2D eigenvalue weighted by Crippen LogP contribution is 2.31. The van der Waals surface area contributed by atoms with Gasteiger partial charge in [0.05, 0.1) is 4.92 Å². The van der Waals surface area contributed by atoms with Crippen molar-refractivity contribution in [2.45, 2.75) is 19.4 Å². The van der Waals surface area contributed by atoms with Gasteiger partial charge in [-0.3, -0.25) is 14.9 Å². The Labute approximate surface area is 97.9 Å². The van der Waals surface area contributed by atoms with Crippen molar-refractivity contribution in [3.05, 3.63) is 51.8 Å². The normalized spacial score (nSPS) is 18.4. The minimum absolute atomic E-state index is 0.0477. The van der Waals surface area contributed by atoms with E-state index in [1.165, 1.54) is 19.1 Å². The van der Waals surface area contributed by atoms with E-state index in [1.54, 1.807) is 18.2 Å². The lowest BCUT2D eigenvalue weighted by Crippen LogP contribution is -2.01. The Morgan fingerprint density at radius 1 is 1.41 bits per heavy atom. The second-order valence-corrected chi connectivity index (χ2v) is 3.82. The molecule has 0 saturated carbocycles. The highest BCUT2D eigenvalue weighted by molar-refractivity contribution is 5.91. The first kappa shape index (κ1) is 11.3. The molecule has 1 unspecified atom stereocenters. The first-order valence-electron chi connectivity index (χ1n) is 5.20. The summed E-state index contributed by atoms with van der Waals surface area (Å²) in [5.41, 5.74) is 0.884.